The average molecular weight is 419 g/mol. The third kappa shape index (κ3) is 6.78. The first-order valence-corrected chi connectivity index (χ1v) is 11.6. The predicted octanol–water partition coefficient (Wildman–Crippen LogP) is 3.22. The molecule has 0 saturated carbocycles. The number of carbonyl (C=O) groups is 1. The van der Waals surface area contributed by atoms with Crippen LogP contribution in [0.5, 0.6) is 5.75 Å². The highest BCUT2D eigenvalue weighted by atomic mass is 32.2. The topological polar surface area (TPSA) is 75.7 Å². The maximum atomic E-state index is 12.4. The van der Waals surface area contributed by atoms with Crippen LogP contribution in [-0.4, -0.2) is 40.3 Å². The number of nitrogens with one attached hydrogen (secondary N) is 1. The molecule has 0 radical (unpaired) electrons. The summed E-state index contributed by atoms with van der Waals surface area (Å²) in [4.78, 5) is 12.4. The summed E-state index contributed by atoms with van der Waals surface area (Å²) in [6.07, 6.45) is 2.62. The van der Waals surface area contributed by atoms with E-state index in [1.807, 2.05) is 57.2 Å². The number of ether oxygens (including phenoxy) is 1. The molecule has 2 aromatic carbocycles. The normalized spacial score (nSPS) is 11.2. The fourth-order valence-electron chi connectivity index (χ4n) is 3.07. The molecule has 0 bridgehead atoms. The molecule has 2 aromatic rings. The minimum atomic E-state index is -3.58. The molecule has 0 aromatic heterocycles. The van der Waals surface area contributed by atoms with Crippen molar-refractivity contribution in [1.29, 1.82) is 0 Å². The number of amides is 1. The molecule has 0 heterocycles. The molecule has 0 atom stereocenters. The first kappa shape index (κ1) is 22.7. The maximum absolute atomic E-state index is 12.4. The molecule has 0 aliphatic heterocycles. The summed E-state index contributed by atoms with van der Waals surface area (Å²) in [5.74, 6) is 0.536. The molecule has 29 heavy (non-hydrogen) atoms. The molecule has 0 unspecified atom stereocenters. The van der Waals surface area contributed by atoms with Crippen LogP contribution in [0.3, 0.4) is 0 Å². The molecule has 0 spiro atoms. The second kappa shape index (κ2) is 10.3. The van der Waals surface area contributed by atoms with Gasteiger partial charge in [0, 0.05) is 6.54 Å². The molecule has 0 saturated heterocycles. The van der Waals surface area contributed by atoms with Crippen molar-refractivity contribution in [3.8, 4) is 5.75 Å². The summed E-state index contributed by atoms with van der Waals surface area (Å²) in [7, 11) is -3.58. The molecular weight excluding hydrogens is 388 g/mol. The van der Waals surface area contributed by atoms with Crippen LogP contribution in [-0.2, 0) is 21.2 Å². The molecular formula is C22H30N2O4S. The first-order valence-electron chi connectivity index (χ1n) is 9.74. The Hall–Kier alpha value is -2.54. The van der Waals surface area contributed by atoms with Crippen molar-refractivity contribution in [3.63, 3.8) is 0 Å². The number of sulfonamides is 1. The Labute approximate surface area is 173 Å². The van der Waals surface area contributed by atoms with Crippen molar-refractivity contribution in [1.82, 2.24) is 5.32 Å². The Balaban J connectivity index is 1.95. The standard InChI is InChI=1S/C22H30N2O4S/c1-5-28-21-11-7-6-9-19(21)10-8-14-23-22(25)16-24(29(4,26)27)20-15-17(2)12-13-18(20)3/h6-7,9,11-13,15H,5,8,10,14,16H2,1-4H3,(H,23,25). The number of hydrogen-bond donors (Lipinski definition) is 1. The summed E-state index contributed by atoms with van der Waals surface area (Å²) < 4.78 is 31.3. The number of rotatable bonds is 10. The van der Waals surface area contributed by atoms with Gasteiger partial charge in [-0.25, -0.2) is 8.42 Å². The number of hydrogen-bond acceptors (Lipinski definition) is 4. The minimum absolute atomic E-state index is 0.237. The van der Waals surface area contributed by atoms with Gasteiger partial charge in [-0.05, 0) is 62.4 Å². The van der Waals surface area contributed by atoms with E-state index in [4.69, 9.17) is 4.74 Å². The van der Waals surface area contributed by atoms with E-state index in [0.29, 0.717) is 18.8 Å². The monoisotopic (exact) mass is 418 g/mol. The highest BCUT2D eigenvalue weighted by molar-refractivity contribution is 7.92. The van der Waals surface area contributed by atoms with Gasteiger partial charge in [0.05, 0.1) is 18.6 Å². The molecule has 6 nitrogen and oxygen atoms in total. The average Bonchev–Trinajstić information content (AvgIpc) is 2.66. The fourth-order valence-corrected chi connectivity index (χ4v) is 3.97. The van der Waals surface area contributed by atoms with Crippen molar-refractivity contribution in [2.45, 2.75) is 33.6 Å². The van der Waals surface area contributed by atoms with Crippen molar-refractivity contribution in [3.05, 3.63) is 59.2 Å². The van der Waals surface area contributed by atoms with Crippen LogP contribution in [0.2, 0.25) is 0 Å². The number of carbonyl (C=O) groups excluding carboxylic acids is 1. The zero-order valence-electron chi connectivity index (χ0n) is 17.6. The van der Waals surface area contributed by atoms with E-state index in [1.54, 1.807) is 6.07 Å². The summed E-state index contributed by atoms with van der Waals surface area (Å²) in [5, 5.41) is 2.82. The SMILES string of the molecule is CCOc1ccccc1CCCNC(=O)CN(c1cc(C)ccc1C)S(C)(=O)=O. The third-order valence-corrected chi connectivity index (χ3v) is 5.66. The van der Waals surface area contributed by atoms with Crippen LogP contribution in [0, 0.1) is 13.8 Å². The van der Waals surface area contributed by atoms with Gasteiger partial charge in [0.25, 0.3) is 0 Å². The predicted molar refractivity (Wildman–Crippen MR) is 117 cm³/mol. The van der Waals surface area contributed by atoms with E-state index >= 15 is 0 Å². The number of para-hydroxylation sites is 1. The molecule has 1 N–H and O–H groups in total. The van der Waals surface area contributed by atoms with Crippen molar-refractivity contribution in [2.24, 2.45) is 0 Å². The summed E-state index contributed by atoms with van der Waals surface area (Å²) in [5.41, 5.74) is 3.37. The van der Waals surface area contributed by atoms with Crippen LogP contribution in [0.15, 0.2) is 42.5 Å². The molecule has 1 amide bonds. The summed E-state index contributed by atoms with van der Waals surface area (Å²) >= 11 is 0. The number of benzene rings is 2. The van der Waals surface area contributed by atoms with E-state index in [9.17, 15) is 13.2 Å². The largest absolute Gasteiger partial charge is 0.494 e. The van der Waals surface area contributed by atoms with Crippen LogP contribution in [0.4, 0.5) is 5.69 Å². The Morgan fingerprint density at radius 2 is 1.86 bits per heavy atom. The maximum Gasteiger partial charge on any atom is 0.240 e. The second-order valence-corrected chi connectivity index (χ2v) is 8.96. The lowest BCUT2D eigenvalue weighted by Crippen LogP contribution is -2.41. The van der Waals surface area contributed by atoms with Crippen LogP contribution >= 0.6 is 0 Å². The summed E-state index contributed by atoms with van der Waals surface area (Å²) in [6, 6.07) is 13.4. The zero-order chi connectivity index (χ0) is 21.4. The lowest BCUT2D eigenvalue weighted by Gasteiger charge is -2.24. The molecule has 158 valence electrons. The van der Waals surface area contributed by atoms with Gasteiger partial charge < -0.3 is 10.1 Å². The van der Waals surface area contributed by atoms with Gasteiger partial charge in [-0.15, -0.1) is 0 Å². The van der Waals surface area contributed by atoms with Crippen LogP contribution < -0.4 is 14.4 Å². The number of anilines is 1. The van der Waals surface area contributed by atoms with Crippen LogP contribution in [0.25, 0.3) is 0 Å². The Kier molecular flexibility index (Phi) is 8.08. The van der Waals surface area contributed by atoms with E-state index in [2.05, 4.69) is 5.32 Å². The van der Waals surface area contributed by atoms with Gasteiger partial charge in [-0.2, -0.15) is 0 Å². The van der Waals surface area contributed by atoms with E-state index in [1.165, 1.54) is 0 Å². The van der Waals surface area contributed by atoms with Gasteiger partial charge in [0.15, 0.2) is 0 Å². The minimum Gasteiger partial charge on any atom is -0.494 e. The Morgan fingerprint density at radius 1 is 1.14 bits per heavy atom. The fraction of sp³-hybridized carbons (Fsp3) is 0.409. The third-order valence-electron chi connectivity index (χ3n) is 4.54. The number of nitrogens with zero attached hydrogens (tertiary/aromatic N) is 1. The molecule has 0 fully saturated rings. The first-order chi connectivity index (χ1) is 13.7. The van der Waals surface area contributed by atoms with Gasteiger partial charge in [0.1, 0.15) is 12.3 Å². The van der Waals surface area contributed by atoms with Crippen LogP contribution in [0.1, 0.15) is 30.0 Å². The quantitative estimate of drug-likeness (QED) is 0.601. The lowest BCUT2D eigenvalue weighted by molar-refractivity contribution is -0.119. The second-order valence-electron chi connectivity index (χ2n) is 7.05. The highest BCUT2D eigenvalue weighted by Crippen LogP contribution is 2.23. The highest BCUT2D eigenvalue weighted by Gasteiger charge is 2.22. The van der Waals surface area contributed by atoms with E-state index in [-0.39, 0.29) is 12.5 Å². The van der Waals surface area contributed by atoms with Gasteiger partial charge in [-0.1, -0.05) is 30.3 Å². The molecule has 2 rings (SSSR count). The van der Waals surface area contributed by atoms with Crippen molar-refractivity contribution >= 4 is 21.6 Å². The van der Waals surface area contributed by atoms with E-state index in [0.717, 1.165) is 45.8 Å². The molecule has 0 aliphatic carbocycles. The van der Waals surface area contributed by atoms with Gasteiger partial charge in [0.2, 0.25) is 15.9 Å². The molecule has 0 aliphatic rings. The molecule has 7 heteroatoms. The van der Waals surface area contributed by atoms with Crippen molar-refractivity contribution in [2.75, 3.05) is 30.3 Å². The van der Waals surface area contributed by atoms with Gasteiger partial charge >= 0.3 is 0 Å². The lowest BCUT2D eigenvalue weighted by atomic mass is 10.1. The zero-order valence-corrected chi connectivity index (χ0v) is 18.4. The number of aryl methyl sites for hydroxylation is 3. The Bertz CT molecular complexity index is 942. The Morgan fingerprint density at radius 3 is 2.55 bits per heavy atom. The van der Waals surface area contributed by atoms with Gasteiger partial charge in [-0.3, -0.25) is 9.10 Å². The van der Waals surface area contributed by atoms with Crippen molar-refractivity contribution < 1.29 is 17.9 Å². The van der Waals surface area contributed by atoms with E-state index < -0.39 is 10.0 Å². The smallest absolute Gasteiger partial charge is 0.240 e. The summed E-state index contributed by atoms with van der Waals surface area (Å²) in [6.45, 7) is 6.50.